The quantitative estimate of drug-likeness (QED) is 0.696. The summed E-state index contributed by atoms with van der Waals surface area (Å²) in [7, 11) is 1.62. The van der Waals surface area contributed by atoms with Crippen LogP contribution in [-0.2, 0) is 16.0 Å². The molecule has 30 heavy (non-hydrogen) atoms. The summed E-state index contributed by atoms with van der Waals surface area (Å²) in [4.78, 5) is 24.5. The molecule has 8 heteroatoms. The smallest absolute Gasteiger partial charge is 0.267 e. The zero-order valence-electron chi connectivity index (χ0n) is 17.0. The van der Waals surface area contributed by atoms with Crippen molar-refractivity contribution in [2.45, 2.75) is 38.3 Å². The lowest BCUT2D eigenvalue weighted by atomic mass is 10.1. The molecule has 1 aliphatic rings. The third kappa shape index (κ3) is 5.14. The van der Waals surface area contributed by atoms with Crippen LogP contribution < -0.4 is 20.8 Å². The summed E-state index contributed by atoms with van der Waals surface area (Å²) in [5.41, 5.74) is 7.35. The Hall–Kier alpha value is -3.42. The number of hydrogen-bond acceptors (Lipinski definition) is 5. The number of nitrogens with two attached hydrogens (primary N) is 1. The van der Waals surface area contributed by atoms with E-state index in [1.807, 2.05) is 31.2 Å². The largest absolute Gasteiger partial charge is 0.497 e. The van der Waals surface area contributed by atoms with E-state index in [2.05, 4.69) is 10.4 Å². The molecule has 2 aromatic carbocycles. The van der Waals surface area contributed by atoms with Crippen LogP contribution in [0.15, 0.2) is 53.6 Å². The van der Waals surface area contributed by atoms with Crippen molar-refractivity contribution < 1.29 is 18.7 Å². The summed E-state index contributed by atoms with van der Waals surface area (Å²) in [6.45, 7) is 1.92. The van der Waals surface area contributed by atoms with Crippen molar-refractivity contribution in [3.8, 4) is 5.75 Å². The number of methoxy groups -OCH3 is 1. The van der Waals surface area contributed by atoms with E-state index in [4.69, 9.17) is 10.5 Å². The number of anilines is 1. The monoisotopic (exact) mass is 412 g/mol. The molecule has 3 rings (SSSR count). The minimum Gasteiger partial charge on any atom is -0.497 e. The predicted molar refractivity (Wildman–Crippen MR) is 113 cm³/mol. The summed E-state index contributed by atoms with van der Waals surface area (Å²) < 4.78 is 18.3. The molecule has 0 saturated heterocycles. The lowest BCUT2D eigenvalue weighted by Crippen LogP contribution is -2.40. The van der Waals surface area contributed by atoms with Gasteiger partial charge in [0.1, 0.15) is 23.3 Å². The molecule has 1 heterocycles. The Labute approximate surface area is 174 Å². The lowest BCUT2D eigenvalue weighted by molar-refractivity contribution is -0.119. The summed E-state index contributed by atoms with van der Waals surface area (Å²) in [6.07, 6.45) is 1.64. The Morgan fingerprint density at radius 1 is 1.23 bits per heavy atom. The van der Waals surface area contributed by atoms with Crippen LogP contribution in [0.1, 0.15) is 25.3 Å². The van der Waals surface area contributed by atoms with Crippen LogP contribution in [0.5, 0.6) is 5.75 Å². The van der Waals surface area contributed by atoms with Gasteiger partial charge in [0.05, 0.1) is 12.8 Å². The highest BCUT2D eigenvalue weighted by atomic mass is 19.1. The van der Waals surface area contributed by atoms with Crippen molar-refractivity contribution in [1.29, 1.82) is 0 Å². The summed E-state index contributed by atoms with van der Waals surface area (Å²) in [5, 5.41) is 8.58. The number of hydrazone groups is 1. The molecular weight excluding hydrogens is 387 g/mol. The number of aryl methyl sites for hydroxylation is 1. The van der Waals surface area contributed by atoms with Crippen molar-refractivity contribution in [2.75, 3.05) is 12.1 Å². The Bertz CT molecular complexity index is 928. The molecule has 0 saturated carbocycles. The highest BCUT2D eigenvalue weighted by Gasteiger charge is 2.35. The average Bonchev–Trinajstić information content (AvgIpc) is 3.19. The fourth-order valence-electron chi connectivity index (χ4n) is 3.26. The third-order valence-electron chi connectivity index (χ3n) is 4.99. The highest BCUT2D eigenvalue weighted by molar-refractivity contribution is 6.40. The van der Waals surface area contributed by atoms with E-state index in [1.165, 1.54) is 29.3 Å². The minimum atomic E-state index is -0.786. The summed E-state index contributed by atoms with van der Waals surface area (Å²) in [6, 6.07) is 12.4. The van der Waals surface area contributed by atoms with Crippen molar-refractivity contribution in [1.82, 2.24) is 5.32 Å². The predicted octanol–water partition coefficient (Wildman–Crippen LogP) is 2.39. The lowest BCUT2D eigenvalue weighted by Gasteiger charge is -2.20. The zero-order valence-corrected chi connectivity index (χ0v) is 17.0. The van der Waals surface area contributed by atoms with Crippen LogP contribution in [0, 0.1) is 5.82 Å². The topological polar surface area (TPSA) is 97.0 Å². The number of ether oxygens (including phenoxy) is 1. The second kappa shape index (κ2) is 9.39. The maximum absolute atomic E-state index is 13.2. The Morgan fingerprint density at radius 3 is 2.50 bits per heavy atom. The zero-order chi connectivity index (χ0) is 21.7. The first-order valence-corrected chi connectivity index (χ1v) is 9.72. The van der Waals surface area contributed by atoms with E-state index >= 15 is 0 Å². The number of hydrogen-bond donors (Lipinski definition) is 2. The Balaban J connectivity index is 1.61. The van der Waals surface area contributed by atoms with Gasteiger partial charge >= 0.3 is 0 Å². The molecule has 2 unspecified atom stereocenters. The molecule has 158 valence electrons. The van der Waals surface area contributed by atoms with Crippen LogP contribution >= 0.6 is 0 Å². The molecule has 0 radical (unpaired) electrons. The van der Waals surface area contributed by atoms with Gasteiger partial charge in [0.2, 0.25) is 5.91 Å². The van der Waals surface area contributed by atoms with Gasteiger partial charge in [0.15, 0.2) is 0 Å². The molecule has 2 aromatic rings. The van der Waals surface area contributed by atoms with Gasteiger partial charge in [-0.1, -0.05) is 12.1 Å². The van der Waals surface area contributed by atoms with Crippen molar-refractivity contribution >= 4 is 23.2 Å². The van der Waals surface area contributed by atoms with Crippen LogP contribution in [-0.4, -0.2) is 36.7 Å². The molecule has 2 atom stereocenters. The molecule has 0 bridgehead atoms. The molecule has 0 spiro atoms. The van der Waals surface area contributed by atoms with Crippen LogP contribution in [0.3, 0.4) is 0 Å². The SMILES string of the molecule is COc1ccc(CCC(C)NC(=O)C2=NN(c3ccc(F)cc3)C(C(N)=O)C2)cc1. The van der Waals surface area contributed by atoms with Crippen molar-refractivity contribution in [3.05, 3.63) is 59.9 Å². The fraction of sp³-hybridized carbons (Fsp3) is 0.318. The number of rotatable bonds is 8. The molecule has 0 aliphatic carbocycles. The molecular formula is C22H25FN4O3. The average molecular weight is 412 g/mol. The highest BCUT2D eigenvalue weighted by Crippen LogP contribution is 2.25. The normalized spacial score (nSPS) is 16.7. The van der Waals surface area contributed by atoms with Gasteiger partial charge in [-0.25, -0.2) is 4.39 Å². The first-order valence-electron chi connectivity index (χ1n) is 9.72. The van der Waals surface area contributed by atoms with E-state index < -0.39 is 17.8 Å². The van der Waals surface area contributed by atoms with Crippen molar-refractivity contribution in [3.63, 3.8) is 0 Å². The van der Waals surface area contributed by atoms with E-state index in [9.17, 15) is 14.0 Å². The van der Waals surface area contributed by atoms with Crippen LogP contribution in [0.4, 0.5) is 10.1 Å². The number of halogens is 1. The second-order valence-electron chi connectivity index (χ2n) is 7.25. The molecule has 1 aliphatic heterocycles. The third-order valence-corrected chi connectivity index (χ3v) is 4.99. The van der Waals surface area contributed by atoms with Gasteiger partial charge in [-0.05, 0) is 61.7 Å². The van der Waals surface area contributed by atoms with Crippen LogP contribution in [0.25, 0.3) is 0 Å². The number of nitrogens with one attached hydrogen (secondary N) is 1. The number of nitrogens with zero attached hydrogens (tertiary/aromatic N) is 2. The summed E-state index contributed by atoms with van der Waals surface area (Å²) in [5.74, 6) is -0.540. The van der Waals surface area contributed by atoms with Gasteiger partial charge in [-0.3, -0.25) is 14.6 Å². The van der Waals surface area contributed by atoms with Gasteiger partial charge in [-0.2, -0.15) is 5.10 Å². The number of carbonyl (C=O) groups is 2. The molecule has 0 fully saturated rings. The maximum atomic E-state index is 13.2. The standard InChI is InChI=1S/C22H25FN4O3/c1-14(3-4-15-5-11-18(30-2)12-6-15)25-22(29)19-13-20(21(24)28)27(26-19)17-9-7-16(23)8-10-17/h5-12,14,20H,3-4,13H2,1-2H3,(H2,24,28)(H,25,29). The van der Waals surface area contributed by atoms with Gasteiger partial charge in [0.25, 0.3) is 5.91 Å². The van der Waals surface area contributed by atoms with Gasteiger partial charge < -0.3 is 15.8 Å². The second-order valence-corrected chi connectivity index (χ2v) is 7.25. The number of amides is 2. The molecule has 0 aromatic heterocycles. The number of benzene rings is 2. The molecule has 7 nitrogen and oxygen atoms in total. The number of primary amides is 1. The fourth-order valence-corrected chi connectivity index (χ4v) is 3.26. The Morgan fingerprint density at radius 2 is 1.90 bits per heavy atom. The van der Waals surface area contributed by atoms with E-state index in [0.29, 0.717) is 5.69 Å². The first kappa shape index (κ1) is 21.3. The van der Waals surface area contributed by atoms with Gasteiger partial charge in [-0.15, -0.1) is 0 Å². The van der Waals surface area contributed by atoms with E-state index in [1.54, 1.807) is 7.11 Å². The number of carbonyl (C=O) groups excluding carboxylic acids is 2. The molecule has 3 N–H and O–H groups in total. The van der Waals surface area contributed by atoms with Crippen molar-refractivity contribution in [2.24, 2.45) is 10.8 Å². The maximum Gasteiger partial charge on any atom is 0.267 e. The summed E-state index contributed by atoms with van der Waals surface area (Å²) >= 11 is 0. The van der Waals surface area contributed by atoms with Crippen LogP contribution in [0.2, 0.25) is 0 Å². The minimum absolute atomic E-state index is 0.0887. The Kier molecular flexibility index (Phi) is 6.66. The molecule has 2 amide bonds. The van der Waals surface area contributed by atoms with E-state index in [0.717, 1.165) is 24.2 Å². The van der Waals surface area contributed by atoms with E-state index in [-0.39, 0.29) is 24.1 Å². The van der Waals surface area contributed by atoms with Gasteiger partial charge in [0, 0.05) is 12.5 Å². The first-order chi connectivity index (χ1) is 14.4.